The minimum Gasteiger partial charge on any atom is -0.369 e. The molecule has 1 amide bonds. The topological polar surface area (TPSA) is 32.3 Å². The first-order valence-corrected chi connectivity index (χ1v) is 7.44. The van der Waals surface area contributed by atoms with Gasteiger partial charge in [-0.2, -0.15) is 0 Å². The summed E-state index contributed by atoms with van der Waals surface area (Å²) in [7, 11) is 3.52. The maximum absolute atomic E-state index is 12.3. The van der Waals surface area contributed by atoms with Crippen molar-refractivity contribution in [2.75, 3.05) is 14.1 Å². The van der Waals surface area contributed by atoms with Crippen molar-refractivity contribution in [3.05, 3.63) is 35.9 Å². The molecule has 5 heteroatoms. The molecule has 1 unspecified atom stereocenters. The lowest BCUT2D eigenvalue weighted by molar-refractivity contribution is -0.128. The summed E-state index contributed by atoms with van der Waals surface area (Å²) in [4.78, 5) is 13.9. The summed E-state index contributed by atoms with van der Waals surface area (Å²) in [5, 5.41) is 2.86. The van der Waals surface area contributed by atoms with Gasteiger partial charge in [0, 0.05) is 20.1 Å². The van der Waals surface area contributed by atoms with Crippen LogP contribution in [0.25, 0.3) is 0 Å². The van der Waals surface area contributed by atoms with Gasteiger partial charge in [-0.1, -0.05) is 54.3 Å². The number of carbonyl (C=O) groups is 1. The van der Waals surface area contributed by atoms with Crippen molar-refractivity contribution >= 4 is 34.2 Å². The van der Waals surface area contributed by atoms with Gasteiger partial charge in [-0.25, -0.2) is 0 Å². The number of carbonyl (C=O) groups excluding carboxylic acids is 1. The van der Waals surface area contributed by atoms with Crippen LogP contribution in [0, 0.1) is 0 Å². The smallest absolute Gasteiger partial charge is 0.240 e. The number of thiocarbonyl (C=S) groups is 1. The third-order valence-corrected chi connectivity index (χ3v) is 3.85. The first-order valence-electron chi connectivity index (χ1n) is 6.15. The summed E-state index contributed by atoms with van der Waals surface area (Å²) < 4.78 is 0.652. The number of nitrogens with one attached hydrogen (secondary N) is 1. The van der Waals surface area contributed by atoms with Crippen LogP contribution in [0.15, 0.2) is 30.3 Å². The van der Waals surface area contributed by atoms with Gasteiger partial charge in [0.25, 0.3) is 0 Å². The van der Waals surface area contributed by atoms with Crippen molar-refractivity contribution in [3.63, 3.8) is 0 Å². The Kier molecular flexibility index (Phi) is 6.31. The van der Waals surface area contributed by atoms with E-state index in [0.29, 0.717) is 4.32 Å². The molecular formula is C14H20N2OS2. The standard InChI is InChI=1S/C14H20N2OS2/c1-10(2)15-14(18)19-12(13(17)16(3)4)11-8-6-5-7-9-11/h5-10,12H,1-4H3,(H,15,18). The first kappa shape index (κ1) is 16.0. The van der Waals surface area contributed by atoms with Crippen LogP contribution in [0.3, 0.4) is 0 Å². The monoisotopic (exact) mass is 296 g/mol. The van der Waals surface area contributed by atoms with Crippen LogP contribution in [-0.2, 0) is 4.79 Å². The Labute approximate surface area is 124 Å². The van der Waals surface area contributed by atoms with Crippen LogP contribution in [-0.4, -0.2) is 35.3 Å². The molecule has 0 aliphatic carbocycles. The quantitative estimate of drug-likeness (QED) is 0.866. The fourth-order valence-corrected chi connectivity index (χ4v) is 3.15. The number of hydrogen-bond acceptors (Lipinski definition) is 3. The molecular weight excluding hydrogens is 276 g/mol. The van der Waals surface area contributed by atoms with Gasteiger partial charge in [0.1, 0.15) is 9.57 Å². The zero-order chi connectivity index (χ0) is 14.4. The fourth-order valence-electron chi connectivity index (χ4n) is 1.50. The van der Waals surface area contributed by atoms with Crippen LogP contribution in [0.2, 0.25) is 0 Å². The molecule has 0 aliphatic rings. The summed E-state index contributed by atoms with van der Waals surface area (Å²) in [6.07, 6.45) is 0. The van der Waals surface area contributed by atoms with Gasteiger partial charge < -0.3 is 10.2 Å². The Balaban J connectivity index is 2.88. The minimum atomic E-state index is -0.296. The summed E-state index contributed by atoms with van der Waals surface area (Å²) in [6, 6.07) is 9.99. The molecule has 19 heavy (non-hydrogen) atoms. The van der Waals surface area contributed by atoms with Crippen LogP contribution < -0.4 is 5.32 Å². The van der Waals surface area contributed by atoms with Gasteiger partial charge in [0.05, 0.1) is 0 Å². The number of hydrogen-bond donors (Lipinski definition) is 1. The van der Waals surface area contributed by atoms with E-state index < -0.39 is 0 Å². The van der Waals surface area contributed by atoms with Gasteiger partial charge >= 0.3 is 0 Å². The molecule has 0 spiro atoms. The van der Waals surface area contributed by atoms with Crippen molar-refractivity contribution in [2.45, 2.75) is 25.1 Å². The lowest BCUT2D eigenvalue weighted by Gasteiger charge is -2.21. The Hall–Kier alpha value is -1.07. The third-order valence-electron chi connectivity index (χ3n) is 2.40. The van der Waals surface area contributed by atoms with Crippen molar-refractivity contribution in [1.29, 1.82) is 0 Å². The highest BCUT2D eigenvalue weighted by atomic mass is 32.2. The SMILES string of the molecule is CC(C)NC(=S)SC(C(=O)N(C)C)c1ccccc1. The Morgan fingerprint density at radius 2 is 1.84 bits per heavy atom. The van der Waals surface area contributed by atoms with Gasteiger partial charge in [-0.05, 0) is 19.4 Å². The highest BCUT2D eigenvalue weighted by Crippen LogP contribution is 2.31. The maximum atomic E-state index is 12.3. The van der Waals surface area contributed by atoms with Crippen molar-refractivity contribution in [1.82, 2.24) is 10.2 Å². The van der Waals surface area contributed by atoms with E-state index in [0.717, 1.165) is 5.56 Å². The lowest BCUT2D eigenvalue weighted by Crippen LogP contribution is -2.31. The zero-order valence-corrected chi connectivity index (χ0v) is 13.3. The third kappa shape index (κ3) is 5.20. The zero-order valence-electron chi connectivity index (χ0n) is 11.7. The molecule has 1 rings (SSSR count). The van der Waals surface area contributed by atoms with Gasteiger partial charge in [-0.3, -0.25) is 4.79 Å². The van der Waals surface area contributed by atoms with E-state index in [1.807, 2.05) is 44.2 Å². The van der Waals surface area contributed by atoms with Crippen LogP contribution in [0.4, 0.5) is 0 Å². The highest BCUT2D eigenvalue weighted by Gasteiger charge is 2.24. The van der Waals surface area contributed by atoms with E-state index in [2.05, 4.69) is 5.32 Å². The molecule has 1 aromatic carbocycles. The second-order valence-corrected chi connectivity index (χ2v) is 6.51. The molecule has 0 aromatic heterocycles. The fraction of sp³-hybridized carbons (Fsp3) is 0.429. The number of rotatable bonds is 4. The summed E-state index contributed by atoms with van der Waals surface area (Å²) in [5.74, 6) is 0.0455. The highest BCUT2D eigenvalue weighted by molar-refractivity contribution is 8.23. The van der Waals surface area contributed by atoms with Crippen molar-refractivity contribution in [3.8, 4) is 0 Å². The molecule has 0 heterocycles. The van der Waals surface area contributed by atoms with Crippen LogP contribution >= 0.6 is 24.0 Å². The van der Waals surface area contributed by atoms with Crippen LogP contribution in [0.5, 0.6) is 0 Å². The second kappa shape index (κ2) is 7.50. The van der Waals surface area contributed by atoms with E-state index >= 15 is 0 Å². The summed E-state index contributed by atoms with van der Waals surface area (Å²) >= 11 is 6.69. The van der Waals surface area contributed by atoms with E-state index in [9.17, 15) is 4.79 Å². The largest absolute Gasteiger partial charge is 0.369 e. The maximum Gasteiger partial charge on any atom is 0.240 e. The number of benzene rings is 1. The lowest BCUT2D eigenvalue weighted by atomic mass is 10.1. The van der Waals surface area contributed by atoms with Crippen molar-refractivity contribution < 1.29 is 4.79 Å². The molecule has 1 aromatic rings. The number of amides is 1. The molecule has 3 nitrogen and oxygen atoms in total. The predicted molar refractivity (Wildman–Crippen MR) is 86.3 cm³/mol. The van der Waals surface area contributed by atoms with E-state index in [1.165, 1.54) is 11.8 Å². The molecule has 1 N–H and O–H groups in total. The second-order valence-electron chi connectivity index (χ2n) is 4.73. The van der Waals surface area contributed by atoms with Gasteiger partial charge in [0.15, 0.2) is 0 Å². The molecule has 0 fully saturated rings. The van der Waals surface area contributed by atoms with Gasteiger partial charge in [0.2, 0.25) is 5.91 Å². The molecule has 0 bridgehead atoms. The number of nitrogens with zero attached hydrogens (tertiary/aromatic N) is 1. The van der Waals surface area contributed by atoms with E-state index in [-0.39, 0.29) is 17.2 Å². The van der Waals surface area contributed by atoms with Crippen molar-refractivity contribution in [2.24, 2.45) is 0 Å². The Bertz CT molecular complexity index is 432. The summed E-state index contributed by atoms with van der Waals surface area (Å²) in [6.45, 7) is 4.05. The van der Waals surface area contributed by atoms with E-state index in [4.69, 9.17) is 12.2 Å². The molecule has 1 atom stereocenters. The van der Waals surface area contributed by atoms with E-state index in [1.54, 1.807) is 19.0 Å². The predicted octanol–water partition coefficient (Wildman–Crippen LogP) is 2.83. The molecule has 104 valence electrons. The number of likely N-dealkylation sites (N-methyl/N-ethyl adjacent to an activating group) is 1. The molecule has 0 radical (unpaired) electrons. The Morgan fingerprint density at radius 3 is 2.32 bits per heavy atom. The first-order chi connectivity index (χ1) is 8.91. The minimum absolute atomic E-state index is 0.0455. The Morgan fingerprint density at radius 1 is 1.26 bits per heavy atom. The normalized spacial score (nSPS) is 12.1. The number of thioether (sulfide) groups is 1. The van der Waals surface area contributed by atoms with Gasteiger partial charge in [-0.15, -0.1) is 0 Å². The molecule has 0 saturated carbocycles. The average Bonchev–Trinajstić information content (AvgIpc) is 2.35. The van der Waals surface area contributed by atoms with Crippen LogP contribution in [0.1, 0.15) is 24.7 Å². The molecule has 0 saturated heterocycles. The molecule has 0 aliphatic heterocycles. The summed E-state index contributed by atoms with van der Waals surface area (Å²) in [5.41, 5.74) is 0.971. The average molecular weight is 296 g/mol.